The van der Waals surface area contributed by atoms with Gasteiger partial charge in [0, 0.05) is 6.04 Å². The minimum atomic E-state index is -3.82. The predicted molar refractivity (Wildman–Crippen MR) is 67.2 cm³/mol. The molecule has 0 saturated carbocycles. The van der Waals surface area contributed by atoms with Crippen LogP contribution in [0, 0.1) is 18.7 Å². The van der Waals surface area contributed by atoms with E-state index in [4.69, 9.17) is 5.11 Å². The molecule has 2 N–H and O–H groups in total. The molecule has 0 aliphatic rings. The summed E-state index contributed by atoms with van der Waals surface area (Å²) < 4.78 is 39.7. The van der Waals surface area contributed by atoms with Gasteiger partial charge in [-0.3, -0.25) is 0 Å². The van der Waals surface area contributed by atoms with E-state index in [1.807, 2.05) is 0 Å². The maximum Gasteiger partial charge on any atom is 0.241 e. The van der Waals surface area contributed by atoms with Gasteiger partial charge in [-0.2, -0.15) is 0 Å². The Labute approximate surface area is 107 Å². The third-order valence-corrected chi connectivity index (χ3v) is 4.38. The quantitative estimate of drug-likeness (QED) is 0.854. The normalized spacial score (nSPS) is 13.9. The van der Waals surface area contributed by atoms with E-state index in [0.29, 0.717) is 5.56 Å². The van der Waals surface area contributed by atoms with Crippen molar-refractivity contribution in [3.05, 3.63) is 29.6 Å². The van der Waals surface area contributed by atoms with Crippen molar-refractivity contribution < 1.29 is 17.9 Å². The minimum absolute atomic E-state index is 0.0568. The summed E-state index contributed by atoms with van der Waals surface area (Å²) in [5.41, 5.74) is 0.462. The molecule has 0 spiro atoms. The molecule has 0 aromatic heterocycles. The molecule has 0 bridgehead atoms. The topological polar surface area (TPSA) is 66.4 Å². The minimum Gasteiger partial charge on any atom is -0.395 e. The monoisotopic (exact) mass is 275 g/mol. The van der Waals surface area contributed by atoms with Crippen molar-refractivity contribution in [1.29, 1.82) is 0 Å². The first kappa shape index (κ1) is 15.1. The second-order valence-electron chi connectivity index (χ2n) is 4.56. The SMILES string of the molecule is Cc1ccc(F)cc1S(=O)(=O)N[C@H](CO)C(C)C. The van der Waals surface area contributed by atoms with Crippen molar-refractivity contribution in [3.63, 3.8) is 0 Å². The highest BCUT2D eigenvalue weighted by atomic mass is 32.2. The van der Waals surface area contributed by atoms with Crippen molar-refractivity contribution in [2.75, 3.05) is 6.61 Å². The zero-order chi connectivity index (χ0) is 13.9. The number of hydrogen-bond donors (Lipinski definition) is 2. The smallest absolute Gasteiger partial charge is 0.241 e. The number of benzene rings is 1. The van der Waals surface area contributed by atoms with Crippen LogP contribution in [0.5, 0.6) is 0 Å². The highest BCUT2D eigenvalue weighted by Gasteiger charge is 2.23. The van der Waals surface area contributed by atoms with E-state index in [1.54, 1.807) is 20.8 Å². The Morgan fingerprint density at radius 1 is 1.39 bits per heavy atom. The number of aliphatic hydroxyl groups excluding tert-OH is 1. The fraction of sp³-hybridized carbons (Fsp3) is 0.500. The molecule has 0 fully saturated rings. The number of rotatable bonds is 5. The first-order chi connectivity index (χ1) is 8.27. The van der Waals surface area contributed by atoms with Crippen LogP contribution in [0.1, 0.15) is 19.4 Å². The van der Waals surface area contributed by atoms with E-state index >= 15 is 0 Å². The van der Waals surface area contributed by atoms with Crippen LogP contribution in [0.25, 0.3) is 0 Å². The lowest BCUT2D eigenvalue weighted by Gasteiger charge is -2.20. The molecule has 0 amide bonds. The zero-order valence-corrected chi connectivity index (χ0v) is 11.5. The fourth-order valence-electron chi connectivity index (χ4n) is 1.51. The summed E-state index contributed by atoms with van der Waals surface area (Å²) in [5, 5.41) is 9.13. The molecule has 0 unspecified atom stereocenters. The van der Waals surface area contributed by atoms with Gasteiger partial charge in [-0.15, -0.1) is 0 Å². The Morgan fingerprint density at radius 2 is 2.00 bits per heavy atom. The van der Waals surface area contributed by atoms with Gasteiger partial charge in [0.05, 0.1) is 11.5 Å². The number of hydrogen-bond acceptors (Lipinski definition) is 3. The lowest BCUT2D eigenvalue weighted by molar-refractivity contribution is 0.227. The summed E-state index contributed by atoms with van der Waals surface area (Å²) in [4.78, 5) is -0.0957. The van der Waals surface area contributed by atoms with E-state index in [1.165, 1.54) is 12.1 Å². The first-order valence-corrected chi connectivity index (χ1v) is 7.15. The molecule has 6 heteroatoms. The molecular formula is C12H18FNO3S. The molecular weight excluding hydrogens is 257 g/mol. The molecule has 1 rings (SSSR count). The average Bonchev–Trinajstić information content (AvgIpc) is 2.28. The summed E-state index contributed by atoms with van der Waals surface area (Å²) in [5.74, 6) is -0.662. The van der Waals surface area contributed by atoms with Crippen LogP contribution >= 0.6 is 0 Å². The number of sulfonamides is 1. The Balaban J connectivity index is 3.10. The third-order valence-electron chi connectivity index (χ3n) is 2.75. The summed E-state index contributed by atoms with van der Waals surface area (Å²) in [6.07, 6.45) is 0. The Hall–Kier alpha value is -0.980. The fourth-order valence-corrected chi connectivity index (χ4v) is 3.14. The zero-order valence-electron chi connectivity index (χ0n) is 10.6. The highest BCUT2D eigenvalue weighted by Crippen LogP contribution is 2.17. The maximum absolute atomic E-state index is 13.1. The van der Waals surface area contributed by atoms with E-state index in [9.17, 15) is 12.8 Å². The van der Waals surface area contributed by atoms with Gasteiger partial charge >= 0.3 is 0 Å². The van der Waals surface area contributed by atoms with Gasteiger partial charge in [-0.25, -0.2) is 17.5 Å². The molecule has 1 aromatic rings. The van der Waals surface area contributed by atoms with Gasteiger partial charge in [-0.1, -0.05) is 19.9 Å². The number of halogens is 1. The lowest BCUT2D eigenvalue weighted by Crippen LogP contribution is -2.41. The Bertz CT molecular complexity index is 514. The van der Waals surface area contributed by atoms with Gasteiger partial charge < -0.3 is 5.11 Å². The summed E-state index contributed by atoms with van der Waals surface area (Å²) in [6, 6.07) is 3.01. The van der Waals surface area contributed by atoms with Crippen molar-refractivity contribution in [3.8, 4) is 0 Å². The van der Waals surface area contributed by atoms with Gasteiger partial charge in [0.2, 0.25) is 10.0 Å². The Morgan fingerprint density at radius 3 is 2.50 bits per heavy atom. The van der Waals surface area contributed by atoms with Crippen molar-refractivity contribution in [2.24, 2.45) is 5.92 Å². The molecule has 1 atom stereocenters. The second kappa shape index (κ2) is 5.77. The van der Waals surface area contributed by atoms with Gasteiger partial charge in [0.25, 0.3) is 0 Å². The Kier molecular flexibility index (Phi) is 4.84. The van der Waals surface area contributed by atoms with Crippen LogP contribution in [0.2, 0.25) is 0 Å². The molecule has 1 aromatic carbocycles. The molecule has 0 heterocycles. The van der Waals surface area contributed by atoms with E-state index in [0.717, 1.165) is 6.07 Å². The maximum atomic E-state index is 13.1. The molecule has 0 aliphatic heterocycles. The summed E-state index contributed by atoms with van der Waals surface area (Å²) in [6.45, 7) is 4.88. The molecule has 0 saturated heterocycles. The predicted octanol–water partition coefficient (Wildman–Crippen LogP) is 1.43. The summed E-state index contributed by atoms with van der Waals surface area (Å²) in [7, 11) is -3.82. The van der Waals surface area contributed by atoms with Gasteiger partial charge in [0.15, 0.2) is 0 Å². The van der Waals surface area contributed by atoms with Crippen molar-refractivity contribution in [2.45, 2.75) is 31.7 Å². The van der Waals surface area contributed by atoms with Crippen LogP contribution in [-0.4, -0.2) is 26.2 Å². The van der Waals surface area contributed by atoms with Crippen LogP contribution in [0.3, 0.4) is 0 Å². The van der Waals surface area contributed by atoms with E-state index < -0.39 is 21.9 Å². The van der Waals surface area contributed by atoms with E-state index in [-0.39, 0.29) is 17.4 Å². The van der Waals surface area contributed by atoms with Crippen LogP contribution < -0.4 is 4.72 Å². The van der Waals surface area contributed by atoms with E-state index in [2.05, 4.69) is 4.72 Å². The van der Waals surface area contributed by atoms with Crippen molar-refractivity contribution in [1.82, 2.24) is 4.72 Å². The largest absolute Gasteiger partial charge is 0.395 e. The summed E-state index contributed by atoms with van der Waals surface area (Å²) >= 11 is 0. The number of aryl methyl sites for hydroxylation is 1. The van der Waals surface area contributed by atoms with Gasteiger partial charge in [0.1, 0.15) is 5.82 Å². The van der Waals surface area contributed by atoms with Gasteiger partial charge in [-0.05, 0) is 30.5 Å². The average molecular weight is 275 g/mol. The molecule has 18 heavy (non-hydrogen) atoms. The molecule has 4 nitrogen and oxygen atoms in total. The van der Waals surface area contributed by atoms with Crippen molar-refractivity contribution >= 4 is 10.0 Å². The second-order valence-corrected chi connectivity index (χ2v) is 6.25. The van der Waals surface area contributed by atoms with Crippen LogP contribution in [0.15, 0.2) is 23.1 Å². The number of nitrogens with one attached hydrogen (secondary N) is 1. The van der Waals surface area contributed by atoms with Crippen LogP contribution in [0.4, 0.5) is 4.39 Å². The van der Waals surface area contributed by atoms with Crippen LogP contribution in [-0.2, 0) is 10.0 Å². The number of aliphatic hydroxyl groups is 1. The molecule has 0 aliphatic carbocycles. The lowest BCUT2D eigenvalue weighted by atomic mass is 10.1. The molecule has 102 valence electrons. The molecule has 0 radical (unpaired) electrons. The first-order valence-electron chi connectivity index (χ1n) is 5.67. The third kappa shape index (κ3) is 3.51. The highest BCUT2D eigenvalue weighted by molar-refractivity contribution is 7.89. The standard InChI is InChI=1S/C12H18FNO3S/c1-8(2)11(7-15)14-18(16,17)12-6-10(13)5-4-9(12)3/h4-6,8,11,14-15H,7H2,1-3H3/t11-/m1/s1.